The molecule has 1 aromatic heterocycles. The third-order valence-electron chi connectivity index (χ3n) is 3.76. The number of methoxy groups -OCH3 is 2. The van der Waals surface area contributed by atoms with Gasteiger partial charge in [-0.25, -0.2) is 4.99 Å². The fraction of sp³-hybridized carbons (Fsp3) is 0.312. The van der Waals surface area contributed by atoms with E-state index in [9.17, 15) is 0 Å². The number of nitrogens with zero attached hydrogens (tertiary/aromatic N) is 1. The molecule has 116 valence electrons. The van der Waals surface area contributed by atoms with Gasteiger partial charge in [0.15, 0.2) is 5.96 Å². The van der Waals surface area contributed by atoms with Crippen molar-refractivity contribution in [3.05, 3.63) is 47.9 Å². The van der Waals surface area contributed by atoms with Crippen molar-refractivity contribution < 1.29 is 13.9 Å². The van der Waals surface area contributed by atoms with Crippen LogP contribution in [0, 0.1) is 0 Å². The molecule has 1 aromatic carbocycles. The minimum atomic E-state index is -0.124. The van der Waals surface area contributed by atoms with Crippen LogP contribution >= 0.6 is 0 Å². The number of ether oxygens (including phenoxy) is 2. The Hall–Kier alpha value is -2.63. The molecule has 2 aromatic rings. The maximum absolute atomic E-state index is 5.95. The van der Waals surface area contributed by atoms with Crippen LogP contribution in [0.3, 0.4) is 0 Å². The maximum atomic E-state index is 5.95. The molecule has 6 heteroatoms. The van der Waals surface area contributed by atoms with Gasteiger partial charge in [-0.15, -0.1) is 0 Å². The number of aliphatic imine (C=N–C) groups is 1. The van der Waals surface area contributed by atoms with Crippen LogP contribution in [0.5, 0.6) is 11.5 Å². The normalized spacial score (nSPS) is 20.9. The average molecular weight is 301 g/mol. The van der Waals surface area contributed by atoms with Crippen molar-refractivity contribution in [2.75, 3.05) is 14.2 Å². The molecule has 1 aliphatic rings. The zero-order valence-corrected chi connectivity index (χ0v) is 12.6. The van der Waals surface area contributed by atoms with Crippen LogP contribution < -0.4 is 20.5 Å². The van der Waals surface area contributed by atoms with Crippen molar-refractivity contribution in [3.8, 4) is 11.5 Å². The van der Waals surface area contributed by atoms with Crippen LogP contribution in [0.25, 0.3) is 0 Å². The third kappa shape index (κ3) is 2.72. The van der Waals surface area contributed by atoms with Gasteiger partial charge in [-0.3, -0.25) is 0 Å². The summed E-state index contributed by atoms with van der Waals surface area (Å²) >= 11 is 0. The van der Waals surface area contributed by atoms with E-state index in [1.165, 1.54) is 0 Å². The molecule has 0 saturated carbocycles. The molecule has 0 amide bonds. The summed E-state index contributed by atoms with van der Waals surface area (Å²) in [5.41, 5.74) is 6.89. The minimum Gasteiger partial charge on any atom is -0.497 e. The number of guanidine groups is 1. The van der Waals surface area contributed by atoms with Crippen LogP contribution in [-0.4, -0.2) is 20.2 Å². The van der Waals surface area contributed by atoms with Gasteiger partial charge >= 0.3 is 0 Å². The smallest absolute Gasteiger partial charge is 0.189 e. The van der Waals surface area contributed by atoms with Crippen LogP contribution in [0.2, 0.25) is 0 Å². The number of nitrogens with one attached hydrogen (secondary N) is 1. The highest BCUT2D eigenvalue weighted by molar-refractivity contribution is 5.79. The Morgan fingerprint density at radius 2 is 2.14 bits per heavy atom. The molecule has 0 aliphatic carbocycles. The largest absolute Gasteiger partial charge is 0.497 e. The summed E-state index contributed by atoms with van der Waals surface area (Å²) < 4.78 is 16.2. The van der Waals surface area contributed by atoms with Crippen molar-refractivity contribution >= 4 is 5.96 Å². The summed E-state index contributed by atoms with van der Waals surface area (Å²) in [7, 11) is 3.28. The topological polar surface area (TPSA) is 82.0 Å². The average Bonchev–Trinajstić information content (AvgIpc) is 3.08. The second-order valence-corrected chi connectivity index (χ2v) is 5.09. The lowest BCUT2D eigenvalue weighted by atomic mass is 9.96. The molecule has 6 nitrogen and oxygen atoms in total. The molecule has 0 bridgehead atoms. The van der Waals surface area contributed by atoms with Crippen LogP contribution in [0.1, 0.15) is 29.8 Å². The van der Waals surface area contributed by atoms with Gasteiger partial charge in [-0.2, -0.15) is 0 Å². The monoisotopic (exact) mass is 301 g/mol. The third-order valence-corrected chi connectivity index (χ3v) is 3.76. The lowest BCUT2D eigenvalue weighted by molar-refractivity contribution is 0.373. The standard InChI is InChI=1S/C16H19N3O3/c1-20-10-5-6-14(21-2)11(8-10)12-9-13(19-16(17)18-12)15-4-3-7-22-15/h3-8,12-13H,9H2,1-2H3,(H3,17,18,19). The molecule has 0 fully saturated rings. The van der Waals surface area contributed by atoms with Crippen molar-refractivity contribution in [2.45, 2.75) is 18.5 Å². The first-order valence-corrected chi connectivity index (χ1v) is 7.06. The molecule has 2 heterocycles. The van der Waals surface area contributed by atoms with Crippen molar-refractivity contribution in [1.82, 2.24) is 5.32 Å². The van der Waals surface area contributed by atoms with Gasteiger partial charge in [0.2, 0.25) is 0 Å². The Morgan fingerprint density at radius 3 is 2.82 bits per heavy atom. The van der Waals surface area contributed by atoms with Gasteiger partial charge in [-0.1, -0.05) is 0 Å². The fourth-order valence-corrected chi connectivity index (χ4v) is 2.69. The second-order valence-electron chi connectivity index (χ2n) is 5.09. The molecule has 0 saturated heterocycles. The van der Waals surface area contributed by atoms with Gasteiger partial charge < -0.3 is 24.9 Å². The van der Waals surface area contributed by atoms with Crippen molar-refractivity contribution in [3.63, 3.8) is 0 Å². The van der Waals surface area contributed by atoms with E-state index < -0.39 is 0 Å². The van der Waals surface area contributed by atoms with E-state index in [4.69, 9.17) is 19.6 Å². The number of furan rings is 1. The Balaban J connectivity index is 1.95. The first kappa shape index (κ1) is 14.3. The Morgan fingerprint density at radius 1 is 1.27 bits per heavy atom. The summed E-state index contributed by atoms with van der Waals surface area (Å²) in [5.74, 6) is 2.76. The molecular weight excluding hydrogens is 282 g/mol. The first-order chi connectivity index (χ1) is 10.7. The number of hydrogen-bond donors (Lipinski definition) is 2. The van der Waals surface area contributed by atoms with Gasteiger partial charge in [0.05, 0.1) is 32.6 Å². The first-order valence-electron chi connectivity index (χ1n) is 7.06. The highest BCUT2D eigenvalue weighted by Gasteiger charge is 2.28. The van der Waals surface area contributed by atoms with E-state index in [1.54, 1.807) is 20.5 Å². The van der Waals surface area contributed by atoms with E-state index in [2.05, 4.69) is 10.3 Å². The summed E-state index contributed by atoms with van der Waals surface area (Å²) in [6.07, 6.45) is 2.37. The fourth-order valence-electron chi connectivity index (χ4n) is 2.69. The maximum Gasteiger partial charge on any atom is 0.189 e. The Bertz CT molecular complexity index is 667. The van der Waals surface area contributed by atoms with Gasteiger partial charge in [0.25, 0.3) is 0 Å². The molecule has 2 atom stereocenters. The minimum absolute atomic E-state index is 0.0200. The second kappa shape index (κ2) is 6.01. The van der Waals surface area contributed by atoms with E-state index in [0.29, 0.717) is 5.96 Å². The highest BCUT2D eigenvalue weighted by Crippen LogP contribution is 2.38. The SMILES string of the molecule is COc1ccc(OC)c(C2CC(c3ccco3)NC(N)=N2)c1. The number of hydrogen-bond acceptors (Lipinski definition) is 6. The predicted octanol–water partition coefficient (Wildman–Crippen LogP) is 2.39. The highest BCUT2D eigenvalue weighted by atomic mass is 16.5. The zero-order valence-electron chi connectivity index (χ0n) is 12.6. The predicted molar refractivity (Wildman–Crippen MR) is 83.1 cm³/mol. The molecule has 22 heavy (non-hydrogen) atoms. The molecule has 0 radical (unpaired) electrons. The molecule has 3 rings (SSSR count). The molecule has 3 N–H and O–H groups in total. The number of benzene rings is 1. The van der Waals surface area contributed by atoms with Crippen LogP contribution in [-0.2, 0) is 0 Å². The Kier molecular flexibility index (Phi) is 3.91. The lowest BCUT2D eigenvalue weighted by Gasteiger charge is -2.28. The summed E-state index contributed by atoms with van der Waals surface area (Å²) in [6, 6.07) is 9.32. The van der Waals surface area contributed by atoms with Crippen LogP contribution in [0.15, 0.2) is 46.0 Å². The van der Waals surface area contributed by atoms with E-state index in [0.717, 1.165) is 29.2 Å². The molecule has 1 aliphatic heterocycles. The van der Waals surface area contributed by atoms with E-state index >= 15 is 0 Å². The summed E-state index contributed by atoms with van der Waals surface area (Å²) in [4.78, 5) is 4.50. The Labute approximate surface area is 128 Å². The zero-order chi connectivity index (χ0) is 15.5. The van der Waals surface area contributed by atoms with Gasteiger partial charge in [0, 0.05) is 12.0 Å². The molecular formula is C16H19N3O3. The summed E-state index contributed by atoms with van der Waals surface area (Å²) in [6.45, 7) is 0. The van der Waals surface area contributed by atoms with Gasteiger partial charge in [0.1, 0.15) is 17.3 Å². The molecule has 0 spiro atoms. The van der Waals surface area contributed by atoms with E-state index in [-0.39, 0.29) is 12.1 Å². The summed E-state index contributed by atoms with van der Waals surface area (Å²) in [5, 5.41) is 3.15. The number of rotatable bonds is 4. The lowest BCUT2D eigenvalue weighted by Crippen LogP contribution is -2.39. The van der Waals surface area contributed by atoms with Crippen molar-refractivity contribution in [1.29, 1.82) is 0 Å². The number of nitrogens with two attached hydrogens (primary N) is 1. The van der Waals surface area contributed by atoms with E-state index in [1.807, 2.05) is 30.3 Å². The van der Waals surface area contributed by atoms with Gasteiger partial charge in [-0.05, 0) is 30.3 Å². The quantitative estimate of drug-likeness (QED) is 0.906. The molecule has 2 unspecified atom stereocenters. The van der Waals surface area contributed by atoms with Crippen molar-refractivity contribution in [2.24, 2.45) is 10.7 Å². The van der Waals surface area contributed by atoms with Crippen LogP contribution in [0.4, 0.5) is 0 Å².